The minimum atomic E-state index is 0.481. The fraction of sp³-hybridized carbons (Fsp3) is 0.158. The third-order valence-corrected chi connectivity index (χ3v) is 6.88. The van der Waals surface area contributed by atoms with Crippen LogP contribution in [0.3, 0.4) is 0 Å². The summed E-state index contributed by atoms with van der Waals surface area (Å²) < 4.78 is 1.14. The number of thioether (sulfide) groups is 1. The SMILES string of the molecule is CC(C)Sc1sc2nc(-c3nccs3)cc(-c3ccccc3)c2c1N. The van der Waals surface area contributed by atoms with E-state index in [1.54, 1.807) is 34.4 Å². The number of pyridine rings is 1. The number of thiazole rings is 1. The number of thiophene rings is 1. The lowest BCUT2D eigenvalue weighted by molar-refractivity contribution is 1.11. The lowest BCUT2D eigenvalue weighted by Gasteiger charge is -2.07. The van der Waals surface area contributed by atoms with Gasteiger partial charge >= 0.3 is 0 Å². The van der Waals surface area contributed by atoms with E-state index in [1.165, 1.54) is 0 Å². The first kappa shape index (κ1) is 16.6. The quantitative estimate of drug-likeness (QED) is 0.428. The molecule has 0 radical (unpaired) electrons. The van der Waals surface area contributed by atoms with E-state index in [0.717, 1.165) is 41.9 Å². The van der Waals surface area contributed by atoms with Gasteiger partial charge in [0.1, 0.15) is 15.5 Å². The Morgan fingerprint density at radius 2 is 1.96 bits per heavy atom. The van der Waals surface area contributed by atoms with Gasteiger partial charge in [0.05, 0.1) is 9.90 Å². The Bertz CT molecular complexity index is 1010. The molecule has 0 spiro atoms. The van der Waals surface area contributed by atoms with Gasteiger partial charge < -0.3 is 5.73 Å². The second-order valence-corrected chi connectivity index (χ2v) is 9.65. The van der Waals surface area contributed by atoms with Crippen LogP contribution in [0, 0.1) is 0 Å². The van der Waals surface area contributed by atoms with Gasteiger partial charge in [0.2, 0.25) is 0 Å². The van der Waals surface area contributed by atoms with Gasteiger partial charge in [-0.1, -0.05) is 44.2 Å². The first-order valence-electron chi connectivity index (χ1n) is 7.98. The summed E-state index contributed by atoms with van der Waals surface area (Å²) in [6.07, 6.45) is 1.82. The molecule has 0 aliphatic carbocycles. The maximum atomic E-state index is 6.53. The number of hydrogen-bond acceptors (Lipinski definition) is 6. The van der Waals surface area contributed by atoms with Crippen molar-refractivity contribution < 1.29 is 0 Å². The van der Waals surface area contributed by atoms with Crippen molar-refractivity contribution >= 4 is 50.3 Å². The number of rotatable bonds is 4. The molecule has 3 heterocycles. The van der Waals surface area contributed by atoms with Crippen molar-refractivity contribution in [3.8, 4) is 21.8 Å². The normalized spacial score (nSPS) is 11.5. The van der Waals surface area contributed by atoms with Crippen LogP contribution < -0.4 is 5.73 Å². The number of nitrogen functional groups attached to an aromatic ring is 1. The molecule has 2 N–H and O–H groups in total. The topological polar surface area (TPSA) is 51.8 Å². The first-order chi connectivity index (χ1) is 12.1. The van der Waals surface area contributed by atoms with Crippen LogP contribution in [0.4, 0.5) is 5.69 Å². The van der Waals surface area contributed by atoms with Crippen LogP contribution >= 0.6 is 34.4 Å². The van der Waals surface area contributed by atoms with Crippen molar-refractivity contribution in [1.82, 2.24) is 9.97 Å². The molecule has 0 fully saturated rings. The third kappa shape index (κ3) is 3.17. The molecule has 4 rings (SSSR count). The summed E-state index contributed by atoms with van der Waals surface area (Å²) >= 11 is 5.08. The van der Waals surface area contributed by atoms with E-state index in [9.17, 15) is 0 Å². The lowest BCUT2D eigenvalue weighted by Crippen LogP contribution is -1.91. The van der Waals surface area contributed by atoms with Gasteiger partial charge in [-0.3, -0.25) is 0 Å². The Hall–Kier alpha value is -1.89. The predicted octanol–water partition coefficient (Wildman–Crippen LogP) is 6.17. The fourth-order valence-electron chi connectivity index (χ4n) is 2.71. The monoisotopic (exact) mass is 383 g/mol. The second kappa shape index (κ2) is 6.78. The maximum absolute atomic E-state index is 6.53. The molecule has 126 valence electrons. The van der Waals surface area contributed by atoms with Gasteiger partial charge in [-0.2, -0.15) is 0 Å². The van der Waals surface area contributed by atoms with Crippen LogP contribution in [0.15, 0.2) is 52.2 Å². The van der Waals surface area contributed by atoms with Crippen molar-refractivity contribution in [2.24, 2.45) is 0 Å². The molecule has 3 nitrogen and oxygen atoms in total. The van der Waals surface area contributed by atoms with Crippen LogP contribution in [-0.2, 0) is 0 Å². The van der Waals surface area contributed by atoms with E-state index >= 15 is 0 Å². The summed E-state index contributed by atoms with van der Waals surface area (Å²) in [4.78, 5) is 10.3. The summed E-state index contributed by atoms with van der Waals surface area (Å²) in [5.74, 6) is 0. The average molecular weight is 384 g/mol. The van der Waals surface area contributed by atoms with Gasteiger partial charge in [0.15, 0.2) is 0 Å². The molecule has 0 saturated heterocycles. The van der Waals surface area contributed by atoms with Gasteiger partial charge in [-0.15, -0.1) is 34.4 Å². The van der Waals surface area contributed by atoms with Gasteiger partial charge in [0, 0.05) is 22.2 Å². The highest BCUT2D eigenvalue weighted by Crippen LogP contribution is 2.46. The van der Waals surface area contributed by atoms with Crippen molar-refractivity contribution in [3.05, 3.63) is 48.0 Å². The Kier molecular flexibility index (Phi) is 4.50. The third-order valence-electron chi connectivity index (χ3n) is 3.74. The number of benzene rings is 1. The van der Waals surface area contributed by atoms with E-state index in [4.69, 9.17) is 10.7 Å². The molecule has 0 bridgehead atoms. The highest BCUT2D eigenvalue weighted by molar-refractivity contribution is 8.02. The lowest BCUT2D eigenvalue weighted by atomic mass is 10.0. The van der Waals surface area contributed by atoms with Crippen LogP contribution in [0.5, 0.6) is 0 Å². The van der Waals surface area contributed by atoms with E-state index in [2.05, 4.69) is 49.2 Å². The van der Waals surface area contributed by atoms with E-state index in [-0.39, 0.29) is 0 Å². The van der Waals surface area contributed by atoms with Crippen LogP contribution in [-0.4, -0.2) is 15.2 Å². The van der Waals surface area contributed by atoms with Gasteiger partial charge in [0.25, 0.3) is 0 Å². The standard InChI is InChI=1S/C19H17N3S3/c1-11(2)24-19-16(20)15-13(12-6-4-3-5-7-12)10-14(22-18(15)25-19)17-21-8-9-23-17/h3-11H,20H2,1-2H3. The van der Waals surface area contributed by atoms with Gasteiger partial charge in [-0.25, -0.2) is 9.97 Å². The average Bonchev–Trinajstić information content (AvgIpc) is 3.24. The molecule has 0 atom stereocenters. The molecule has 0 saturated carbocycles. The van der Waals surface area contributed by atoms with Crippen molar-refractivity contribution in [3.63, 3.8) is 0 Å². The number of nitrogens with zero attached hydrogens (tertiary/aromatic N) is 2. The molecule has 1 aromatic carbocycles. The molecule has 3 aromatic heterocycles. The van der Waals surface area contributed by atoms with Gasteiger partial charge in [-0.05, 0) is 17.2 Å². The predicted molar refractivity (Wildman–Crippen MR) is 112 cm³/mol. The zero-order valence-corrected chi connectivity index (χ0v) is 16.3. The molecule has 0 amide bonds. The van der Waals surface area contributed by atoms with E-state index in [0.29, 0.717) is 5.25 Å². The summed E-state index contributed by atoms with van der Waals surface area (Å²) in [7, 11) is 0. The molecule has 6 heteroatoms. The van der Waals surface area contributed by atoms with Crippen LogP contribution in [0.1, 0.15) is 13.8 Å². The molecular formula is C19H17N3S3. The zero-order chi connectivity index (χ0) is 17.4. The number of hydrogen-bond donors (Lipinski definition) is 1. The fourth-order valence-corrected chi connectivity index (χ4v) is 5.82. The Labute approximate surface area is 159 Å². The molecule has 0 aliphatic rings. The largest absolute Gasteiger partial charge is 0.397 e. The van der Waals surface area contributed by atoms with E-state index in [1.807, 2.05) is 17.6 Å². The number of nitrogens with two attached hydrogens (primary N) is 1. The summed E-state index contributed by atoms with van der Waals surface area (Å²) in [5, 5.41) is 4.45. The molecular weight excluding hydrogens is 366 g/mol. The van der Waals surface area contributed by atoms with Crippen molar-refractivity contribution in [2.45, 2.75) is 23.3 Å². The number of fused-ring (bicyclic) bond motifs is 1. The summed E-state index contributed by atoms with van der Waals surface area (Å²) in [6, 6.07) is 12.5. The minimum Gasteiger partial charge on any atom is -0.397 e. The minimum absolute atomic E-state index is 0.481. The smallest absolute Gasteiger partial charge is 0.141 e. The van der Waals surface area contributed by atoms with Crippen molar-refractivity contribution in [2.75, 3.05) is 5.73 Å². The molecule has 25 heavy (non-hydrogen) atoms. The summed E-state index contributed by atoms with van der Waals surface area (Å²) in [6.45, 7) is 4.36. The first-order valence-corrected chi connectivity index (χ1v) is 10.6. The Morgan fingerprint density at radius 1 is 1.16 bits per heavy atom. The highest BCUT2D eigenvalue weighted by atomic mass is 32.2. The maximum Gasteiger partial charge on any atom is 0.141 e. The Balaban J connectivity index is 2.00. The zero-order valence-electron chi connectivity index (χ0n) is 13.9. The Morgan fingerprint density at radius 3 is 2.64 bits per heavy atom. The van der Waals surface area contributed by atoms with Crippen molar-refractivity contribution in [1.29, 1.82) is 0 Å². The number of aromatic nitrogens is 2. The molecule has 0 unspecified atom stereocenters. The summed E-state index contributed by atoms with van der Waals surface area (Å²) in [5.41, 5.74) is 10.6. The molecule has 4 aromatic rings. The van der Waals surface area contributed by atoms with E-state index < -0.39 is 0 Å². The highest BCUT2D eigenvalue weighted by Gasteiger charge is 2.19. The second-order valence-electron chi connectivity index (χ2n) is 5.91. The number of anilines is 1. The van der Waals surface area contributed by atoms with Crippen LogP contribution in [0.2, 0.25) is 0 Å². The van der Waals surface area contributed by atoms with Crippen LogP contribution in [0.25, 0.3) is 32.0 Å². The molecule has 0 aliphatic heterocycles.